The molecule has 1 aromatic rings. The first kappa shape index (κ1) is 29.3. The third-order valence-corrected chi connectivity index (χ3v) is 7.62. The molecule has 0 radical (unpaired) electrons. The maximum absolute atomic E-state index is 13.3. The number of carbonyl (C=O) groups excluding carboxylic acids is 2. The molecule has 1 fully saturated rings. The number of hydrogen-bond donors (Lipinski definition) is 1. The molecule has 0 aromatic heterocycles. The van der Waals surface area contributed by atoms with Gasteiger partial charge in [-0.05, 0) is 38.1 Å². The van der Waals surface area contributed by atoms with Crippen molar-refractivity contribution in [3.63, 3.8) is 0 Å². The predicted molar refractivity (Wildman–Crippen MR) is 117 cm³/mol. The second-order valence-corrected chi connectivity index (χ2v) is 10.1. The van der Waals surface area contributed by atoms with Crippen molar-refractivity contribution in [3.8, 4) is 5.75 Å². The molecule has 2 heterocycles. The Hall–Kier alpha value is -2.91. The van der Waals surface area contributed by atoms with E-state index in [-0.39, 0.29) is 36.2 Å². The monoisotopic (exact) mass is 540 g/mol. The van der Waals surface area contributed by atoms with Gasteiger partial charge in [-0.1, -0.05) is 12.1 Å². The van der Waals surface area contributed by atoms with Crippen LogP contribution in [-0.4, -0.2) is 100 Å². The summed E-state index contributed by atoms with van der Waals surface area (Å²) in [6.07, 6.45) is -3.83. The van der Waals surface area contributed by atoms with E-state index in [9.17, 15) is 31.2 Å². The number of carboxylic acids is 1. The lowest BCUT2D eigenvalue weighted by Gasteiger charge is -2.44. The quantitative estimate of drug-likeness (QED) is 0.553. The van der Waals surface area contributed by atoms with E-state index in [1.54, 1.807) is 18.2 Å². The van der Waals surface area contributed by atoms with Gasteiger partial charge in [0.1, 0.15) is 17.2 Å². The van der Waals surface area contributed by atoms with Gasteiger partial charge in [0, 0.05) is 12.0 Å². The number of piperidine rings is 1. The number of hydrogen-bond acceptors (Lipinski definition) is 9. The Morgan fingerprint density at radius 1 is 1.06 bits per heavy atom. The molecule has 36 heavy (non-hydrogen) atoms. The molecule has 0 aliphatic carbocycles. The summed E-state index contributed by atoms with van der Waals surface area (Å²) in [6.45, 7) is 1.51. The van der Waals surface area contributed by atoms with Crippen LogP contribution >= 0.6 is 0 Å². The van der Waals surface area contributed by atoms with Gasteiger partial charge in [-0.3, -0.25) is 14.5 Å². The number of methoxy groups -OCH3 is 2. The standard InChI is InChI=1S/C19H26N2O7S.C2HF3O2/c1-26-17(22)11-20-9-7-19(8-10-20)13-21(12-18(23)27-2)29(24,25)16-6-4-3-5-15(16)28-14-19;3-2(4,5)1(6)7/h3-6H,7-14H2,1-2H3;(H,6,7). The Bertz CT molecular complexity index is 1050. The van der Waals surface area contributed by atoms with Crippen molar-refractivity contribution in [2.24, 2.45) is 5.41 Å². The van der Waals surface area contributed by atoms with Crippen LogP contribution in [0.4, 0.5) is 13.2 Å². The molecule has 3 rings (SSSR count). The van der Waals surface area contributed by atoms with Crippen LogP contribution in [-0.2, 0) is 33.9 Å². The van der Waals surface area contributed by atoms with E-state index in [1.807, 2.05) is 4.90 Å². The van der Waals surface area contributed by atoms with Crippen LogP contribution in [0.2, 0.25) is 0 Å². The largest absolute Gasteiger partial charge is 0.492 e. The minimum absolute atomic E-state index is 0.0434. The molecule has 0 amide bonds. The second kappa shape index (κ2) is 11.9. The van der Waals surface area contributed by atoms with Gasteiger partial charge in [-0.25, -0.2) is 13.2 Å². The third-order valence-electron chi connectivity index (χ3n) is 5.79. The first-order chi connectivity index (χ1) is 16.7. The van der Waals surface area contributed by atoms with Crippen molar-refractivity contribution >= 4 is 27.9 Å². The molecule has 11 nitrogen and oxygen atoms in total. The van der Waals surface area contributed by atoms with E-state index in [2.05, 4.69) is 0 Å². The van der Waals surface area contributed by atoms with E-state index >= 15 is 0 Å². The molecule has 2 aliphatic rings. The van der Waals surface area contributed by atoms with E-state index in [0.717, 1.165) is 0 Å². The van der Waals surface area contributed by atoms with Crippen molar-refractivity contribution in [2.45, 2.75) is 23.9 Å². The molecule has 0 unspecified atom stereocenters. The number of alkyl halides is 3. The summed E-state index contributed by atoms with van der Waals surface area (Å²) < 4.78 is 74.8. The number of benzene rings is 1. The smallest absolute Gasteiger partial charge is 0.490 e. The number of carboxylic acid groups (broad SMARTS) is 1. The van der Waals surface area contributed by atoms with E-state index in [0.29, 0.717) is 32.5 Å². The number of halogens is 3. The number of carbonyl (C=O) groups is 3. The van der Waals surface area contributed by atoms with Crippen LogP contribution < -0.4 is 4.74 Å². The van der Waals surface area contributed by atoms with E-state index < -0.39 is 33.6 Å². The lowest BCUT2D eigenvalue weighted by atomic mass is 9.78. The molecule has 1 N–H and O–H groups in total. The lowest BCUT2D eigenvalue weighted by molar-refractivity contribution is -0.192. The normalized spacial score (nSPS) is 19.4. The van der Waals surface area contributed by atoms with E-state index in [1.165, 1.54) is 24.6 Å². The maximum Gasteiger partial charge on any atom is 0.490 e. The molecular weight excluding hydrogens is 513 g/mol. The molecule has 1 aromatic carbocycles. The van der Waals surface area contributed by atoms with Crippen LogP contribution in [0.15, 0.2) is 29.2 Å². The SMILES string of the molecule is COC(=O)CN1CCC2(CC1)COc1ccccc1S(=O)(=O)N(CC(=O)OC)C2.O=C(O)C(F)(F)F. The number of rotatable bonds is 4. The molecule has 0 saturated carbocycles. The van der Waals surface area contributed by atoms with Gasteiger partial charge < -0.3 is 19.3 Å². The highest BCUT2D eigenvalue weighted by Crippen LogP contribution is 2.39. The maximum atomic E-state index is 13.3. The van der Waals surface area contributed by atoms with Crippen molar-refractivity contribution < 1.29 is 55.3 Å². The molecule has 202 valence electrons. The zero-order valence-electron chi connectivity index (χ0n) is 19.6. The van der Waals surface area contributed by atoms with Gasteiger partial charge in [0.05, 0.1) is 27.4 Å². The van der Waals surface area contributed by atoms with Crippen molar-refractivity contribution in [3.05, 3.63) is 24.3 Å². The highest BCUT2D eigenvalue weighted by molar-refractivity contribution is 7.89. The highest BCUT2D eigenvalue weighted by Gasteiger charge is 2.43. The predicted octanol–water partition coefficient (Wildman–Crippen LogP) is 1.13. The molecular formula is C21H27F3N2O9S. The number of esters is 2. The average Bonchev–Trinajstić information content (AvgIpc) is 2.83. The zero-order chi connectivity index (χ0) is 27.1. The highest BCUT2D eigenvalue weighted by atomic mass is 32.2. The minimum Gasteiger partial charge on any atom is -0.492 e. The zero-order valence-corrected chi connectivity index (χ0v) is 20.4. The molecule has 0 bridgehead atoms. The number of ether oxygens (including phenoxy) is 3. The third kappa shape index (κ3) is 7.54. The van der Waals surface area contributed by atoms with Gasteiger partial charge in [0.15, 0.2) is 0 Å². The molecule has 2 aliphatic heterocycles. The van der Waals surface area contributed by atoms with Crippen molar-refractivity contribution in [1.82, 2.24) is 9.21 Å². The molecule has 1 saturated heterocycles. The average molecular weight is 541 g/mol. The summed E-state index contributed by atoms with van der Waals surface area (Å²) in [6, 6.07) is 6.44. The summed E-state index contributed by atoms with van der Waals surface area (Å²) in [5.74, 6) is -3.41. The first-order valence-corrected chi connectivity index (χ1v) is 12.1. The fraction of sp³-hybridized carbons (Fsp3) is 0.571. The summed E-state index contributed by atoms with van der Waals surface area (Å²) in [4.78, 5) is 34.4. The number of nitrogens with zero attached hydrogens (tertiary/aromatic N) is 2. The van der Waals surface area contributed by atoms with Gasteiger partial charge in [-0.15, -0.1) is 0 Å². The Morgan fingerprint density at radius 2 is 1.58 bits per heavy atom. The van der Waals surface area contributed by atoms with Gasteiger partial charge in [-0.2, -0.15) is 17.5 Å². The van der Waals surface area contributed by atoms with Gasteiger partial charge in [0.2, 0.25) is 10.0 Å². The summed E-state index contributed by atoms with van der Waals surface area (Å²) in [5, 5.41) is 7.12. The summed E-state index contributed by atoms with van der Waals surface area (Å²) in [5.41, 5.74) is -0.471. The van der Waals surface area contributed by atoms with Gasteiger partial charge in [0.25, 0.3) is 0 Å². The Morgan fingerprint density at radius 3 is 2.11 bits per heavy atom. The van der Waals surface area contributed by atoms with Crippen LogP contribution in [0.1, 0.15) is 12.8 Å². The topological polar surface area (TPSA) is 140 Å². The Kier molecular flexibility index (Phi) is 9.68. The minimum atomic E-state index is -5.08. The number of aliphatic carboxylic acids is 1. The summed E-state index contributed by atoms with van der Waals surface area (Å²) in [7, 11) is -1.36. The Balaban J connectivity index is 0.000000572. The first-order valence-electron chi connectivity index (χ1n) is 10.6. The van der Waals surface area contributed by atoms with Gasteiger partial charge >= 0.3 is 24.1 Å². The summed E-state index contributed by atoms with van der Waals surface area (Å²) >= 11 is 0. The lowest BCUT2D eigenvalue weighted by Crippen LogP contribution is -2.53. The molecule has 1 spiro atoms. The molecule has 15 heteroatoms. The fourth-order valence-electron chi connectivity index (χ4n) is 3.74. The number of fused-ring (bicyclic) bond motifs is 1. The van der Waals surface area contributed by atoms with Crippen LogP contribution in [0.25, 0.3) is 0 Å². The fourth-order valence-corrected chi connectivity index (χ4v) is 5.37. The van der Waals surface area contributed by atoms with Crippen molar-refractivity contribution in [1.29, 1.82) is 0 Å². The number of para-hydroxylation sites is 1. The number of sulfonamides is 1. The van der Waals surface area contributed by atoms with Crippen LogP contribution in [0, 0.1) is 5.41 Å². The Labute approximate surface area is 205 Å². The molecule has 0 atom stereocenters. The second-order valence-electron chi connectivity index (χ2n) is 8.24. The van der Waals surface area contributed by atoms with Crippen LogP contribution in [0.3, 0.4) is 0 Å². The van der Waals surface area contributed by atoms with Crippen LogP contribution in [0.5, 0.6) is 5.75 Å². The van der Waals surface area contributed by atoms with Crippen molar-refractivity contribution in [2.75, 3.05) is 53.6 Å². The van der Waals surface area contributed by atoms with E-state index in [4.69, 9.17) is 24.1 Å². The number of likely N-dealkylation sites (tertiary alicyclic amines) is 1.